The highest BCUT2D eigenvalue weighted by atomic mass is 16.6. The van der Waals surface area contributed by atoms with E-state index in [1.165, 1.54) is 37.8 Å². The molecule has 22 heavy (non-hydrogen) atoms. The highest BCUT2D eigenvalue weighted by Gasteiger charge is 2.05. The third kappa shape index (κ3) is 7.76. The van der Waals surface area contributed by atoms with Crippen molar-refractivity contribution in [2.75, 3.05) is 6.54 Å². The van der Waals surface area contributed by atoms with Crippen molar-refractivity contribution in [1.29, 1.82) is 0 Å². The number of hydrogen-bond acceptors (Lipinski definition) is 3. The molecule has 5 heteroatoms. The van der Waals surface area contributed by atoms with E-state index in [0.29, 0.717) is 6.42 Å². The molecule has 1 N–H and O–H groups in total. The van der Waals surface area contributed by atoms with Gasteiger partial charge in [-0.25, -0.2) is 0 Å². The molecular weight excluding hydrogens is 280 g/mol. The monoisotopic (exact) mass is 306 g/mol. The third-order valence-corrected chi connectivity index (χ3v) is 3.62. The Morgan fingerprint density at radius 2 is 1.77 bits per heavy atom. The molecule has 1 aromatic rings. The number of unbranched alkanes of at least 4 members (excludes halogenated alkanes) is 4. The van der Waals surface area contributed by atoms with Gasteiger partial charge in [0.2, 0.25) is 5.91 Å². The molecule has 5 nitrogen and oxygen atoms in total. The number of nitrogens with zero attached hydrogens (tertiary/aromatic N) is 1. The van der Waals surface area contributed by atoms with Gasteiger partial charge in [0.15, 0.2) is 0 Å². The summed E-state index contributed by atoms with van der Waals surface area (Å²) >= 11 is 0. The van der Waals surface area contributed by atoms with Gasteiger partial charge < -0.3 is 5.32 Å². The van der Waals surface area contributed by atoms with Gasteiger partial charge >= 0.3 is 0 Å². The normalized spacial score (nSPS) is 10.4. The number of amides is 1. The summed E-state index contributed by atoms with van der Waals surface area (Å²) < 4.78 is 0. The van der Waals surface area contributed by atoms with Gasteiger partial charge in [-0.15, -0.1) is 0 Å². The van der Waals surface area contributed by atoms with Gasteiger partial charge in [0, 0.05) is 25.1 Å². The minimum atomic E-state index is -0.405. The summed E-state index contributed by atoms with van der Waals surface area (Å²) in [6, 6.07) is 6.52. The lowest BCUT2D eigenvalue weighted by atomic mass is 10.1. The first-order chi connectivity index (χ1) is 10.6. The molecule has 0 radical (unpaired) electrons. The standard InChI is InChI=1S/C17H26N2O3/c1-2-3-4-5-6-14-18-17(20)9-7-8-15-10-12-16(13-11-15)19(21)22/h10-13H,2-9,14H2,1H3,(H,18,20). The Balaban J connectivity index is 2.10. The Labute approximate surface area is 132 Å². The second-order valence-electron chi connectivity index (χ2n) is 5.54. The number of nitro groups is 1. The van der Waals surface area contributed by atoms with E-state index >= 15 is 0 Å². The van der Waals surface area contributed by atoms with Crippen molar-refractivity contribution in [2.45, 2.75) is 58.3 Å². The van der Waals surface area contributed by atoms with Crippen LogP contribution in [-0.2, 0) is 11.2 Å². The first-order valence-electron chi connectivity index (χ1n) is 8.13. The molecule has 0 saturated heterocycles. The van der Waals surface area contributed by atoms with Gasteiger partial charge in [0.05, 0.1) is 4.92 Å². The first kappa shape index (κ1) is 18.1. The van der Waals surface area contributed by atoms with Gasteiger partial charge in [0.1, 0.15) is 0 Å². The molecule has 1 aromatic carbocycles. The predicted octanol–water partition coefficient (Wildman–Crippen LogP) is 4.00. The fraction of sp³-hybridized carbons (Fsp3) is 0.588. The van der Waals surface area contributed by atoms with E-state index in [2.05, 4.69) is 12.2 Å². The van der Waals surface area contributed by atoms with E-state index in [0.717, 1.165) is 31.4 Å². The Morgan fingerprint density at radius 3 is 2.41 bits per heavy atom. The average molecular weight is 306 g/mol. The number of hydrogen-bond donors (Lipinski definition) is 1. The van der Waals surface area contributed by atoms with Crippen molar-refractivity contribution in [3.8, 4) is 0 Å². The Kier molecular flexibility index (Phi) is 8.88. The number of carbonyl (C=O) groups excluding carboxylic acids is 1. The van der Waals surface area contributed by atoms with E-state index in [1.54, 1.807) is 12.1 Å². The molecule has 0 aromatic heterocycles. The molecule has 0 aliphatic rings. The highest BCUT2D eigenvalue weighted by molar-refractivity contribution is 5.75. The molecule has 0 aliphatic heterocycles. The SMILES string of the molecule is CCCCCCCNC(=O)CCCc1ccc([N+](=O)[O-])cc1. The van der Waals surface area contributed by atoms with E-state index in [-0.39, 0.29) is 11.6 Å². The van der Waals surface area contributed by atoms with E-state index < -0.39 is 4.92 Å². The molecule has 0 spiro atoms. The summed E-state index contributed by atoms with van der Waals surface area (Å²) in [5.41, 5.74) is 1.13. The van der Waals surface area contributed by atoms with Crippen LogP contribution in [0.3, 0.4) is 0 Å². The number of nitro benzene ring substituents is 1. The number of non-ortho nitro benzene ring substituents is 1. The zero-order valence-corrected chi connectivity index (χ0v) is 13.3. The minimum Gasteiger partial charge on any atom is -0.356 e. The highest BCUT2D eigenvalue weighted by Crippen LogP contribution is 2.13. The lowest BCUT2D eigenvalue weighted by Gasteiger charge is -2.05. The van der Waals surface area contributed by atoms with Crippen molar-refractivity contribution in [3.63, 3.8) is 0 Å². The summed E-state index contributed by atoms with van der Waals surface area (Å²) in [5, 5.41) is 13.5. The number of benzene rings is 1. The largest absolute Gasteiger partial charge is 0.356 e. The van der Waals surface area contributed by atoms with Gasteiger partial charge in [-0.2, -0.15) is 0 Å². The van der Waals surface area contributed by atoms with Crippen molar-refractivity contribution >= 4 is 11.6 Å². The van der Waals surface area contributed by atoms with Crippen LogP contribution < -0.4 is 5.32 Å². The third-order valence-electron chi connectivity index (χ3n) is 3.62. The van der Waals surface area contributed by atoms with Crippen LogP contribution in [-0.4, -0.2) is 17.4 Å². The van der Waals surface area contributed by atoms with E-state index in [9.17, 15) is 14.9 Å². The summed E-state index contributed by atoms with van der Waals surface area (Å²) in [6.07, 6.45) is 8.00. The zero-order valence-electron chi connectivity index (χ0n) is 13.3. The molecule has 0 fully saturated rings. The first-order valence-corrected chi connectivity index (χ1v) is 8.13. The number of aryl methyl sites for hydroxylation is 1. The molecule has 0 saturated carbocycles. The quantitative estimate of drug-likeness (QED) is 0.381. The lowest BCUT2D eigenvalue weighted by molar-refractivity contribution is -0.384. The second-order valence-corrected chi connectivity index (χ2v) is 5.54. The molecule has 0 bridgehead atoms. The Bertz CT molecular complexity index is 457. The van der Waals surface area contributed by atoms with Crippen molar-refractivity contribution < 1.29 is 9.72 Å². The van der Waals surface area contributed by atoms with E-state index in [1.807, 2.05) is 0 Å². The van der Waals surface area contributed by atoms with Crippen molar-refractivity contribution in [1.82, 2.24) is 5.32 Å². The summed E-state index contributed by atoms with van der Waals surface area (Å²) in [4.78, 5) is 21.8. The van der Waals surface area contributed by atoms with Crippen LogP contribution in [0.5, 0.6) is 0 Å². The summed E-state index contributed by atoms with van der Waals surface area (Å²) in [5.74, 6) is 0.0948. The van der Waals surface area contributed by atoms with Crippen LogP contribution in [0.4, 0.5) is 5.69 Å². The molecule has 1 amide bonds. The minimum absolute atomic E-state index is 0.0948. The molecular formula is C17H26N2O3. The second kappa shape index (κ2) is 10.8. The maximum atomic E-state index is 11.7. The number of rotatable bonds is 11. The van der Waals surface area contributed by atoms with E-state index in [4.69, 9.17) is 0 Å². The van der Waals surface area contributed by atoms with Crippen LogP contribution in [0, 0.1) is 10.1 Å². The maximum Gasteiger partial charge on any atom is 0.269 e. The van der Waals surface area contributed by atoms with Crippen molar-refractivity contribution in [3.05, 3.63) is 39.9 Å². The fourth-order valence-corrected chi connectivity index (χ4v) is 2.28. The predicted molar refractivity (Wildman–Crippen MR) is 87.8 cm³/mol. The van der Waals surface area contributed by atoms with Crippen LogP contribution in [0.15, 0.2) is 24.3 Å². The van der Waals surface area contributed by atoms with Gasteiger partial charge in [-0.1, -0.05) is 44.7 Å². The topological polar surface area (TPSA) is 72.2 Å². The molecule has 122 valence electrons. The van der Waals surface area contributed by atoms with Crippen LogP contribution in [0.25, 0.3) is 0 Å². The summed E-state index contributed by atoms with van der Waals surface area (Å²) in [7, 11) is 0. The van der Waals surface area contributed by atoms with Gasteiger partial charge in [-0.05, 0) is 24.8 Å². The molecule has 0 aliphatic carbocycles. The maximum absolute atomic E-state index is 11.7. The summed E-state index contributed by atoms with van der Waals surface area (Å²) in [6.45, 7) is 2.95. The van der Waals surface area contributed by atoms with Gasteiger partial charge in [0.25, 0.3) is 5.69 Å². The molecule has 0 unspecified atom stereocenters. The zero-order chi connectivity index (χ0) is 16.2. The van der Waals surface area contributed by atoms with Crippen LogP contribution in [0.1, 0.15) is 57.4 Å². The van der Waals surface area contributed by atoms with Crippen LogP contribution in [0.2, 0.25) is 0 Å². The van der Waals surface area contributed by atoms with Gasteiger partial charge in [-0.3, -0.25) is 14.9 Å². The number of nitrogens with one attached hydrogen (secondary N) is 1. The molecule has 0 heterocycles. The lowest BCUT2D eigenvalue weighted by Crippen LogP contribution is -2.24. The van der Waals surface area contributed by atoms with Crippen molar-refractivity contribution in [2.24, 2.45) is 0 Å². The molecule has 1 rings (SSSR count). The number of carbonyl (C=O) groups is 1. The fourth-order valence-electron chi connectivity index (χ4n) is 2.28. The Morgan fingerprint density at radius 1 is 1.09 bits per heavy atom. The molecule has 0 atom stereocenters. The smallest absolute Gasteiger partial charge is 0.269 e. The van der Waals surface area contributed by atoms with Crippen LogP contribution >= 0.6 is 0 Å². The Hall–Kier alpha value is -1.91. The average Bonchev–Trinajstić information content (AvgIpc) is 2.51.